The number of halogens is 1. The van der Waals surface area contributed by atoms with E-state index in [1.807, 2.05) is 13.8 Å². The zero-order chi connectivity index (χ0) is 12.8. The fraction of sp³-hybridized carbons (Fsp3) is 0.700. The van der Waals surface area contributed by atoms with E-state index in [2.05, 4.69) is 21.0 Å². The molecule has 0 spiro atoms. The van der Waals surface area contributed by atoms with E-state index < -0.39 is 9.84 Å². The van der Waals surface area contributed by atoms with E-state index in [4.69, 9.17) is 0 Å². The van der Waals surface area contributed by atoms with Gasteiger partial charge in [0.1, 0.15) is 4.47 Å². The topological polar surface area (TPSA) is 71.9 Å². The lowest BCUT2D eigenvalue weighted by atomic mass is 10.1. The molecule has 0 aromatic carbocycles. The highest BCUT2D eigenvalue weighted by Crippen LogP contribution is 2.25. The molecule has 0 bridgehead atoms. The van der Waals surface area contributed by atoms with Crippen molar-refractivity contribution >= 4 is 25.8 Å². The number of nitrogens with one attached hydrogen (secondary N) is 1. The van der Waals surface area contributed by atoms with Gasteiger partial charge in [-0.2, -0.15) is 0 Å². The molecule has 96 valence electrons. The Balaban J connectivity index is 2.41. The molecule has 1 aliphatic rings. The summed E-state index contributed by atoms with van der Waals surface area (Å²) in [5.74, 6) is 0.408. The van der Waals surface area contributed by atoms with Crippen LogP contribution in [0.2, 0.25) is 0 Å². The number of sulfone groups is 1. The summed E-state index contributed by atoms with van der Waals surface area (Å²) in [4.78, 5) is 12.0. The Morgan fingerprint density at radius 2 is 2.12 bits per heavy atom. The van der Waals surface area contributed by atoms with Crippen molar-refractivity contribution < 1.29 is 8.42 Å². The van der Waals surface area contributed by atoms with Crippen LogP contribution in [0.25, 0.3) is 0 Å². The monoisotopic (exact) mass is 322 g/mol. The van der Waals surface area contributed by atoms with Crippen molar-refractivity contribution in [3.63, 3.8) is 0 Å². The normalized spacial score (nSPS) is 23.4. The van der Waals surface area contributed by atoms with E-state index in [1.165, 1.54) is 4.68 Å². The van der Waals surface area contributed by atoms with Crippen LogP contribution >= 0.6 is 15.9 Å². The largest absolute Gasteiger partial charge is 0.298 e. The number of hydrogen-bond acceptors (Lipinski definition) is 3. The molecule has 17 heavy (non-hydrogen) atoms. The Labute approximate surface area is 108 Å². The van der Waals surface area contributed by atoms with Gasteiger partial charge in [0, 0.05) is 0 Å². The molecule has 7 heteroatoms. The van der Waals surface area contributed by atoms with Gasteiger partial charge in [0.2, 0.25) is 0 Å². The van der Waals surface area contributed by atoms with Gasteiger partial charge in [0.25, 0.3) is 5.56 Å². The lowest BCUT2D eigenvalue weighted by Gasteiger charge is -2.08. The first kappa shape index (κ1) is 12.9. The average Bonchev–Trinajstić information content (AvgIpc) is 2.70. The third-order valence-corrected chi connectivity index (χ3v) is 5.55. The minimum absolute atomic E-state index is 0.0530. The highest BCUT2D eigenvalue weighted by atomic mass is 79.9. The van der Waals surface area contributed by atoms with Crippen molar-refractivity contribution in [2.45, 2.75) is 32.2 Å². The Hall–Kier alpha value is -0.560. The summed E-state index contributed by atoms with van der Waals surface area (Å²) in [6.45, 7) is 3.96. The molecule has 1 unspecified atom stereocenters. The van der Waals surface area contributed by atoms with Crippen LogP contribution in [0, 0.1) is 0 Å². The van der Waals surface area contributed by atoms with Gasteiger partial charge in [0.15, 0.2) is 9.84 Å². The summed E-state index contributed by atoms with van der Waals surface area (Å²) < 4.78 is 24.8. The number of H-pyrrole nitrogens is 1. The Morgan fingerprint density at radius 3 is 2.53 bits per heavy atom. The number of nitrogens with zero attached hydrogens (tertiary/aromatic N) is 1. The van der Waals surface area contributed by atoms with E-state index in [0.29, 0.717) is 10.9 Å². The number of aromatic amines is 1. The summed E-state index contributed by atoms with van der Waals surface area (Å²) in [6.07, 6.45) is 0.507. The second kappa shape index (κ2) is 4.28. The predicted octanol–water partition coefficient (Wildman–Crippen LogP) is 1.42. The van der Waals surface area contributed by atoms with E-state index in [-0.39, 0.29) is 29.0 Å². The first-order chi connectivity index (χ1) is 7.82. The maximum Gasteiger partial charge on any atom is 0.281 e. The van der Waals surface area contributed by atoms with E-state index >= 15 is 0 Å². The molecule has 0 amide bonds. The molecule has 0 aliphatic carbocycles. The van der Waals surface area contributed by atoms with Gasteiger partial charge in [-0.05, 0) is 28.3 Å². The molecule has 1 N–H and O–H groups in total. The van der Waals surface area contributed by atoms with E-state index in [9.17, 15) is 13.2 Å². The Bertz CT molecular complexity index is 585. The number of rotatable bonds is 2. The fourth-order valence-electron chi connectivity index (χ4n) is 2.07. The predicted molar refractivity (Wildman–Crippen MR) is 69.1 cm³/mol. The lowest BCUT2D eigenvalue weighted by Crippen LogP contribution is -2.23. The molecular weight excluding hydrogens is 308 g/mol. The molecular formula is C10H15BrN2O3S. The van der Waals surface area contributed by atoms with Gasteiger partial charge < -0.3 is 0 Å². The maximum absolute atomic E-state index is 12.0. The summed E-state index contributed by atoms with van der Waals surface area (Å²) >= 11 is 3.26. The fourth-order valence-corrected chi connectivity index (χ4v) is 4.51. The number of hydrogen-bond donors (Lipinski definition) is 1. The van der Waals surface area contributed by atoms with Crippen molar-refractivity contribution in [1.29, 1.82) is 0 Å². The van der Waals surface area contributed by atoms with Crippen molar-refractivity contribution in [3.05, 3.63) is 20.5 Å². The standard InChI is InChI=1S/C10H15BrN2O3S/c1-6(2)9-8(11)10(14)13(12-9)7-3-4-17(15,16)5-7/h6-7,12H,3-5H2,1-2H3. The van der Waals surface area contributed by atoms with Crippen LogP contribution in [0.4, 0.5) is 0 Å². The van der Waals surface area contributed by atoms with E-state index in [1.54, 1.807) is 0 Å². The van der Waals surface area contributed by atoms with Crippen LogP contribution in [0.15, 0.2) is 9.27 Å². The van der Waals surface area contributed by atoms with Gasteiger partial charge in [-0.1, -0.05) is 13.8 Å². The summed E-state index contributed by atoms with van der Waals surface area (Å²) in [5, 5.41) is 3.02. The maximum atomic E-state index is 12.0. The van der Waals surface area contributed by atoms with Crippen LogP contribution < -0.4 is 5.56 Å². The van der Waals surface area contributed by atoms with Gasteiger partial charge in [-0.25, -0.2) is 13.1 Å². The summed E-state index contributed by atoms with van der Waals surface area (Å²) in [6, 6.07) is -0.253. The van der Waals surface area contributed by atoms with Gasteiger partial charge in [-0.3, -0.25) is 9.89 Å². The quantitative estimate of drug-likeness (QED) is 0.895. The zero-order valence-corrected chi connectivity index (χ0v) is 12.1. The average molecular weight is 323 g/mol. The SMILES string of the molecule is CC(C)c1[nH]n(C2CCS(=O)(=O)C2)c(=O)c1Br. The first-order valence-electron chi connectivity index (χ1n) is 5.52. The molecule has 1 saturated heterocycles. The minimum Gasteiger partial charge on any atom is -0.298 e. The van der Waals surface area contributed by atoms with Crippen molar-refractivity contribution in [2.75, 3.05) is 11.5 Å². The molecule has 1 aliphatic heterocycles. The van der Waals surface area contributed by atoms with E-state index in [0.717, 1.165) is 5.69 Å². The number of aromatic nitrogens is 2. The molecule has 5 nitrogen and oxygen atoms in total. The highest BCUT2D eigenvalue weighted by Gasteiger charge is 2.31. The molecule has 2 rings (SSSR count). The molecule has 1 fully saturated rings. The van der Waals surface area contributed by atoms with Crippen molar-refractivity contribution in [1.82, 2.24) is 9.78 Å². The molecule has 0 radical (unpaired) electrons. The minimum atomic E-state index is -2.98. The van der Waals surface area contributed by atoms with Crippen LogP contribution in [0.5, 0.6) is 0 Å². The third-order valence-electron chi connectivity index (χ3n) is 3.03. The zero-order valence-electron chi connectivity index (χ0n) is 9.73. The molecule has 1 aromatic rings. The highest BCUT2D eigenvalue weighted by molar-refractivity contribution is 9.10. The van der Waals surface area contributed by atoms with Gasteiger partial charge >= 0.3 is 0 Å². The second-order valence-electron chi connectivity index (χ2n) is 4.73. The molecule has 1 aromatic heterocycles. The Morgan fingerprint density at radius 1 is 1.47 bits per heavy atom. The molecule has 1 atom stereocenters. The van der Waals surface area contributed by atoms with Gasteiger partial charge in [-0.15, -0.1) is 0 Å². The summed E-state index contributed by atoms with van der Waals surface area (Å²) in [5.41, 5.74) is 0.648. The molecule has 2 heterocycles. The van der Waals surface area contributed by atoms with Crippen LogP contribution in [0.3, 0.4) is 0 Å². The lowest BCUT2D eigenvalue weighted by molar-refractivity contribution is 0.479. The van der Waals surface area contributed by atoms with Crippen molar-refractivity contribution in [3.8, 4) is 0 Å². The molecule has 0 saturated carbocycles. The first-order valence-corrected chi connectivity index (χ1v) is 8.13. The third kappa shape index (κ3) is 2.35. The van der Waals surface area contributed by atoms with Crippen LogP contribution in [-0.2, 0) is 9.84 Å². The van der Waals surface area contributed by atoms with Gasteiger partial charge in [0.05, 0.1) is 23.2 Å². The van der Waals surface area contributed by atoms with Crippen LogP contribution in [-0.4, -0.2) is 29.7 Å². The Kier molecular flexibility index (Phi) is 3.24. The van der Waals surface area contributed by atoms with Crippen molar-refractivity contribution in [2.24, 2.45) is 0 Å². The smallest absolute Gasteiger partial charge is 0.281 e. The van der Waals surface area contributed by atoms with Crippen LogP contribution in [0.1, 0.15) is 37.9 Å². The summed E-state index contributed by atoms with van der Waals surface area (Å²) in [7, 11) is -2.98. The second-order valence-corrected chi connectivity index (χ2v) is 7.75.